The van der Waals surface area contributed by atoms with Crippen molar-refractivity contribution in [2.45, 2.75) is 32.0 Å². The number of nitrogens with zero attached hydrogens (tertiary/aromatic N) is 2. The van der Waals surface area contributed by atoms with Gasteiger partial charge in [0, 0.05) is 25.8 Å². The molecule has 20 heavy (non-hydrogen) atoms. The van der Waals surface area contributed by atoms with Gasteiger partial charge >= 0.3 is 6.09 Å². The normalized spacial score (nSPS) is 15.8. The van der Waals surface area contributed by atoms with Crippen molar-refractivity contribution in [3.8, 4) is 0 Å². The first kappa shape index (κ1) is 14.5. The molecule has 6 heteroatoms. The first-order valence-corrected chi connectivity index (χ1v) is 6.65. The molecule has 1 aromatic rings. The maximum atomic E-state index is 11.4. The van der Waals surface area contributed by atoms with E-state index in [2.05, 4.69) is 5.18 Å². The Kier molecular flexibility index (Phi) is 5.06. The molecule has 0 aromatic heterocycles. The molecule has 6 nitrogen and oxygen atoms in total. The van der Waals surface area contributed by atoms with E-state index < -0.39 is 6.09 Å². The Morgan fingerprint density at radius 3 is 2.40 bits per heavy atom. The number of carboxylic acid groups (broad SMARTS) is 1. The Bertz CT molecular complexity index is 455. The predicted octanol–water partition coefficient (Wildman–Crippen LogP) is 2.61. The van der Waals surface area contributed by atoms with Gasteiger partial charge in [-0.15, -0.1) is 0 Å². The smallest absolute Gasteiger partial charge is 0.407 e. The van der Waals surface area contributed by atoms with E-state index >= 15 is 0 Å². The van der Waals surface area contributed by atoms with Gasteiger partial charge in [0.2, 0.25) is 0 Å². The van der Waals surface area contributed by atoms with Crippen LogP contribution < -0.4 is 0 Å². The topological polar surface area (TPSA) is 79.2 Å². The Hall–Kier alpha value is -1.95. The van der Waals surface area contributed by atoms with Crippen LogP contribution >= 0.6 is 0 Å². The van der Waals surface area contributed by atoms with Crippen LogP contribution in [0.15, 0.2) is 29.4 Å². The summed E-state index contributed by atoms with van der Waals surface area (Å²) in [6, 6.07) is 7.31. The first-order chi connectivity index (χ1) is 9.70. The van der Waals surface area contributed by atoms with Crippen LogP contribution in [0.5, 0.6) is 0 Å². The molecule has 1 aromatic carbocycles. The fourth-order valence-electron chi connectivity index (χ4n) is 2.37. The van der Waals surface area contributed by atoms with Crippen molar-refractivity contribution in [2.75, 3.05) is 13.2 Å². The average molecular weight is 278 g/mol. The average Bonchev–Trinajstić information content (AvgIpc) is 2.47. The van der Waals surface area contributed by atoms with Crippen LogP contribution in [0, 0.1) is 4.91 Å². The molecular formula is C14H18N2O4. The second kappa shape index (κ2) is 7.00. The van der Waals surface area contributed by atoms with Gasteiger partial charge in [0.15, 0.2) is 0 Å². The molecule has 0 radical (unpaired) electrons. The van der Waals surface area contributed by atoms with Crippen molar-refractivity contribution in [2.24, 2.45) is 5.18 Å². The van der Waals surface area contributed by atoms with Gasteiger partial charge in [-0.1, -0.05) is 29.4 Å². The summed E-state index contributed by atoms with van der Waals surface area (Å²) in [5, 5.41) is 12.2. The highest BCUT2D eigenvalue weighted by atomic mass is 16.5. The van der Waals surface area contributed by atoms with Crippen molar-refractivity contribution in [3.63, 3.8) is 0 Å². The van der Waals surface area contributed by atoms with E-state index in [1.54, 1.807) is 12.1 Å². The van der Waals surface area contributed by atoms with Gasteiger partial charge in [-0.25, -0.2) is 4.79 Å². The molecule has 0 unspecified atom stereocenters. The quantitative estimate of drug-likeness (QED) is 0.840. The molecular weight excluding hydrogens is 260 g/mol. The highest BCUT2D eigenvalue weighted by Gasteiger charge is 2.25. The van der Waals surface area contributed by atoms with Crippen LogP contribution in [-0.4, -0.2) is 35.4 Å². The van der Waals surface area contributed by atoms with Crippen molar-refractivity contribution in [1.82, 2.24) is 4.90 Å². The second-order valence-electron chi connectivity index (χ2n) is 4.86. The molecule has 108 valence electrons. The fraction of sp³-hybridized carbons (Fsp3) is 0.500. The van der Waals surface area contributed by atoms with E-state index in [9.17, 15) is 14.8 Å². The Morgan fingerprint density at radius 1 is 1.25 bits per heavy atom. The molecule has 0 saturated carbocycles. The summed E-state index contributed by atoms with van der Waals surface area (Å²) < 4.78 is 5.26. The number of nitroso groups, excluding NO2 is 1. The molecule has 1 saturated heterocycles. The molecule has 2 rings (SSSR count). The minimum absolute atomic E-state index is 0.0116. The number of rotatable bonds is 5. The van der Waals surface area contributed by atoms with Crippen LogP contribution in [0.25, 0.3) is 0 Å². The second-order valence-corrected chi connectivity index (χ2v) is 4.86. The van der Waals surface area contributed by atoms with Crippen LogP contribution in [0.4, 0.5) is 4.79 Å². The van der Waals surface area contributed by atoms with E-state index in [0.717, 1.165) is 24.0 Å². The van der Waals surface area contributed by atoms with Crippen LogP contribution in [0.2, 0.25) is 0 Å². The lowest BCUT2D eigenvalue weighted by atomic mass is 10.1. The number of hydrogen-bond acceptors (Lipinski definition) is 4. The van der Waals surface area contributed by atoms with Crippen LogP contribution in [0.1, 0.15) is 24.0 Å². The van der Waals surface area contributed by atoms with E-state index in [-0.39, 0.29) is 12.6 Å². The van der Waals surface area contributed by atoms with E-state index in [1.807, 2.05) is 12.1 Å². The summed E-state index contributed by atoms with van der Waals surface area (Å²) in [5.41, 5.74) is 1.74. The van der Waals surface area contributed by atoms with E-state index in [1.165, 1.54) is 4.90 Å². The maximum absolute atomic E-state index is 11.4. The zero-order valence-corrected chi connectivity index (χ0v) is 11.2. The summed E-state index contributed by atoms with van der Waals surface area (Å²) in [7, 11) is 0. The fourth-order valence-corrected chi connectivity index (χ4v) is 2.37. The molecule has 1 amide bonds. The van der Waals surface area contributed by atoms with Crippen molar-refractivity contribution >= 4 is 6.09 Å². The Balaban J connectivity index is 2.03. The van der Waals surface area contributed by atoms with E-state index in [0.29, 0.717) is 19.8 Å². The standard InChI is InChI=1S/C14H18N2O4/c17-14(18)16(13-5-7-20-8-6-13)10-12-3-1-11(2-4-12)9-15-19/h1-4,13H,5-10H2,(H,17,18). The van der Waals surface area contributed by atoms with Gasteiger partial charge in [-0.3, -0.25) is 0 Å². The molecule has 0 spiro atoms. The molecule has 0 aliphatic carbocycles. The van der Waals surface area contributed by atoms with Gasteiger partial charge in [0.05, 0.1) is 0 Å². The molecule has 1 aliphatic heterocycles. The lowest BCUT2D eigenvalue weighted by Crippen LogP contribution is -2.42. The Morgan fingerprint density at radius 2 is 1.85 bits per heavy atom. The molecule has 0 atom stereocenters. The predicted molar refractivity (Wildman–Crippen MR) is 73.3 cm³/mol. The lowest BCUT2D eigenvalue weighted by Gasteiger charge is -2.32. The minimum atomic E-state index is -0.907. The summed E-state index contributed by atoms with van der Waals surface area (Å²) in [6.45, 7) is 1.72. The largest absolute Gasteiger partial charge is 0.465 e. The Labute approximate surface area is 117 Å². The highest BCUT2D eigenvalue weighted by molar-refractivity contribution is 5.65. The third-order valence-corrected chi connectivity index (χ3v) is 3.50. The summed E-state index contributed by atoms with van der Waals surface area (Å²) in [5.74, 6) is 0. The molecule has 1 heterocycles. The molecule has 1 fully saturated rings. The maximum Gasteiger partial charge on any atom is 0.407 e. The SMILES string of the molecule is O=NCc1ccc(CN(C(=O)O)C2CCOCC2)cc1. The zero-order chi connectivity index (χ0) is 14.4. The van der Waals surface area contributed by atoms with Crippen molar-refractivity contribution < 1.29 is 14.6 Å². The van der Waals surface area contributed by atoms with Gasteiger partial charge in [0.25, 0.3) is 0 Å². The summed E-state index contributed by atoms with van der Waals surface area (Å²) in [6.07, 6.45) is 0.564. The third-order valence-electron chi connectivity index (χ3n) is 3.50. The van der Waals surface area contributed by atoms with Crippen LogP contribution in [0.3, 0.4) is 0 Å². The lowest BCUT2D eigenvalue weighted by molar-refractivity contribution is 0.0332. The minimum Gasteiger partial charge on any atom is -0.465 e. The summed E-state index contributed by atoms with van der Waals surface area (Å²) >= 11 is 0. The molecule has 0 bridgehead atoms. The number of hydrogen-bond donors (Lipinski definition) is 1. The van der Waals surface area contributed by atoms with Gasteiger partial charge in [-0.2, -0.15) is 4.91 Å². The molecule has 1 aliphatic rings. The third kappa shape index (κ3) is 3.77. The number of ether oxygens (including phenoxy) is 1. The monoisotopic (exact) mass is 278 g/mol. The molecule has 1 N–H and O–H groups in total. The summed E-state index contributed by atoms with van der Waals surface area (Å²) in [4.78, 5) is 23.1. The van der Waals surface area contributed by atoms with E-state index in [4.69, 9.17) is 4.74 Å². The number of benzene rings is 1. The van der Waals surface area contributed by atoms with Crippen molar-refractivity contribution in [1.29, 1.82) is 0 Å². The van der Waals surface area contributed by atoms with Gasteiger partial charge < -0.3 is 14.7 Å². The number of amides is 1. The number of carbonyl (C=O) groups is 1. The first-order valence-electron chi connectivity index (χ1n) is 6.65. The van der Waals surface area contributed by atoms with Crippen molar-refractivity contribution in [3.05, 3.63) is 40.3 Å². The highest BCUT2D eigenvalue weighted by Crippen LogP contribution is 2.18. The van der Waals surface area contributed by atoms with Crippen LogP contribution in [-0.2, 0) is 17.8 Å². The van der Waals surface area contributed by atoms with Gasteiger partial charge in [0.1, 0.15) is 6.54 Å². The zero-order valence-electron chi connectivity index (χ0n) is 11.2. The van der Waals surface area contributed by atoms with Gasteiger partial charge in [-0.05, 0) is 24.0 Å².